The first-order valence-electron chi connectivity index (χ1n) is 4.03. The number of carboxylic acid groups (broad SMARTS) is 2. The zero-order chi connectivity index (χ0) is 10.8. The highest BCUT2D eigenvalue weighted by atomic mass is 16.6. The zero-order valence-corrected chi connectivity index (χ0v) is 7.19. The predicted octanol–water partition coefficient (Wildman–Crippen LogP) is -2.68. The molecule has 0 N–H and O–H groups in total. The van der Waals surface area contributed by atoms with Gasteiger partial charge in [-0.3, -0.25) is 0 Å². The summed E-state index contributed by atoms with van der Waals surface area (Å²) in [6, 6.07) is 1.66. The first-order chi connectivity index (χ1) is 6.53. The largest absolute Gasteiger partial charge is 0.547 e. The van der Waals surface area contributed by atoms with Crippen molar-refractivity contribution in [2.75, 3.05) is 0 Å². The smallest absolute Gasteiger partial charge is 0.148 e. The summed E-state index contributed by atoms with van der Waals surface area (Å²) in [6.45, 7) is 0. The van der Waals surface area contributed by atoms with E-state index in [-0.39, 0.29) is 12.8 Å². The molecule has 6 heteroatoms. The molecule has 0 saturated carbocycles. The maximum absolute atomic E-state index is 10.6. The maximum Gasteiger partial charge on any atom is 0.148 e. The summed E-state index contributed by atoms with van der Waals surface area (Å²) in [5.41, 5.74) is -2.46. The molecule has 0 aromatic heterocycles. The quantitative estimate of drug-likeness (QED) is 0.445. The molecule has 1 rings (SSSR count). The Balaban J connectivity index is 2.94. The van der Waals surface area contributed by atoms with Crippen LogP contribution in [-0.2, 0) is 14.3 Å². The lowest BCUT2D eigenvalue weighted by atomic mass is 9.92. The second kappa shape index (κ2) is 3.64. The lowest BCUT2D eigenvalue weighted by Gasteiger charge is -2.40. The van der Waals surface area contributed by atoms with E-state index in [9.17, 15) is 19.8 Å². The Bertz CT molecular complexity index is 291. The standard InChI is InChI=1S/C8H9NO5/c9-4-5-2-1-3-8(14-5,6(10)11)7(12)13/h5H,1-3H2,(H,10,11)(H,12,13)/p-2. The van der Waals surface area contributed by atoms with Crippen molar-refractivity contribution in [2.24, 2.45) is 0 Å². The van der Waals surface area contributed by atoms with E-state index in [0.29, 0.717) is 6.42 Å². The molecule has 0 bridgehead atoms. The summed E-state index contributed by atoms with van der Waals surface area (Å²) < 4.78 is 4.66. The van der Waals surface area contributed by atoms with E-state index in [0.717, 1.165) is 0 Å². The Kier molecular flexibility index (Phi) is 2.72. The summed E-state index contributed by atoms with van der Waals surface area (Å²) in [6.07, 6.45) is -0.658. The third-order valence-corrected chi connectivity index (χ3v) is 2.14. The van der Waals surface area contributed by atoms with Gasteiger partial charge in [-0.2, -0.15) is 5.26 Å². The maximum atomic E-state index is 10.6. The van der Waals surface area contributed by atoms with Crippen LogP contribution in [0.5, 0.6) is 0 Å². The number of rotatable bonds is 2. The monoisotopic (exact) mass is 197 g/mol. The number of carbonyl (C=O) groups is 2. The van der Waals surface area contributed by atoms with Crippen LogP contribution in [0.3, 0.4) is 0 Å². The fourth-order valence-electron chi connectivity index (χ4n) is 1.37. The molecule has 76 valence electrons. The first-order valence-corrected chi connectivity index (χ1v) is 4.03. The fraction of sp³-hybridized carbons (Fsp3) is 0.625. The Labute approximate surface area is 79.7 Å². The van der Waals surface area contributed by atoms with Gasteiger partial charge < -0.3 is 24.5 Å². The molecule has 1 unspecified atom stereocenters. The Morgan fingerprint density at radius 3 is 2.43 bits per heavy atom. The number of aliphatic carboxylic acids is 2. The van der Waals surface area contributed by atoms with Gasteiger partial charge in [-0.25, -0.2) is 0 Å². The molecule has 1 heterocycles. The molecule has 0 aliphatic carbocycles. The number of carboxylic acids is 2. The first kappa shape index (κ1) is 10.5. The predicted molar refractivity (Wildman–Crippen MR) is 37.1 cm³/mol. The lowest BCUT2D eigenvalue weighted by molar-refractivity contribution is -0.358. The summed E-state index contributed by atoms with van der Waals surface area (Å²) in [4.78, 5) is 21.2. The average molecular weight is 197 g/mol. The van der Waals surface area contributed by atoms with Crippen LogP contribution >= 0.6 is 0 Å². The van der Waals surface area contributed by atoms with Crippen molar-refractivity contribution in [3.05, 3.63) is 0 Å². The molecule has 6 nitrogen and oxygen atoms in total. The molecule has 1 fully saturated rings. The van der Waals surface area contributed by atoms with Gasteiger partial charge in [-0.15, -0.1) is 0 Å². The van der Waals surface area contributed by atoms with Crippen LogP contribution in [0.2, 0.25) is 0 Å². The van der Waals surface area contributed by atoms with Crippen LogP contribution in [-0.4, -0.2) is 23.6 Å². The number of hydrogen-bond donors (Lipinski definition) is 0. The Hall–Kier alpha value is -1.61. The van der Waals surface area contributed by atoms with E-state index in [1.807, 2.05) is 0 Å². The number of ether oxygens (including phenoxy) is 1. The molecule has 1 aliphatic heterocycles. The van der Waals surface area contributed by atoms with Gasteiger partial charge in [-0.05, 0) is 19.3 Å². The number of nitriles is 1. The summed E-state index contributed by atoms with van der Waals surface area (Å²) >= 11 is 0. The third-order valence-electron chi connectivity index (χ3n) is 2.14. The topological polar surface area (TPSA) is 113 Å². The number of carbonyl (C=O) groups excluding carboxylic acids is 2. The molecule has 0 amide bonds. The summed E-state index contributed by atoms with van der Waals surface area (Å²) in [5, 5.41) is 29.7. The van der Waals surface area contributed by atoms with Gasteiger partial charge in [0.25, 0.3) is 0 Å². The van der Waals surface area contributed by atoms with Crippen molar-refractivity contribution in [3.63, 3.8) is 0 Å². The zero-order valence-electron chi connectivity index (χ0n) is 7.19. The molecule has 14 heavy (non-hydrogen) atoms. The van der Waals surface area contributed by atoms with Crippen LogP contribution in [0, 0.1) is 11.3 Å². The van der Waals surface area contributed by atoms with Gasteiger partial charge >= 0.3 is 0 Å². The van der Waals surface area contributed by atoms with Gasteiger partial charge in [0.05, 0.1) is 18.0 Å². The van der Waals surface area contributed by atoms with E-state index in [1.165, 1.54) is 0 Å². The summed E-state index contributed by atoms with van der Waals surface area (Å²) in [7, 11) is 0. The molecule has 1 atom stereocenters. The van der Waals surface area contributed by atoms with E-state index < -0.39 is 23.6 Å². The van der Waals surface area contributed by atoms with E-state index in [2.05, 4.69) is 4.74 Å². The minimum Gasteiger partial charge on any atom is -0.547 e. The lowest BCUT2D eigenvalue weighted by Crippen LogP contribution is -2.63. The van der Waals surface area contributed by atoms with Crippen molar-refractivity contribution >= 4 is 11.9 Å². The average Bonchev–Trinajstić information content (AvgIpc) is 2.17. The van der Waals surface area contributed by atoms with Gasteiger partial charge in [0.15, 0.2) is 0 Å². The molecule has 1 saturated heterocycles. The third kappa shape index (κ3) is 1.54. The molecule has 0 aromatic carbocycles. The van der Waals surface area contributed by atoms with Crippen LogP contribution in [0.4, 0.5) is 0 Å². The highest BCUT2D eigenvalue weighted by Crippen LogP contribution is 2.27. The summed E-state index contributed by atoms with van der Waals surface area (Å²) in [5.74, 6) is -3.73. The van der Waals surface area contributed by atoms with Crippen molar-refractivity contribution in [2.45, 2.75) is 31.0 Å². The van der Waals surface area contributed by atoms with Crippen LogP contribution in [0.25, 0.3) is 0 Å². The number of nitrogens with zero attached hydrogens (tertiary/aromatic N) is 1. The van der Waals surface area contributed by atoms with Crippen LogP contribution in [0.15, 0.2) is 0 Å². The SMILES string of the molecule is N#CC1CCCC(C(=O)[O-])(C(=O)[O-])O1. The molecule has 1 aliphatic rings. The van der Waals surface area contributed by atoms with Crippen molar-refractivity contribution < 1.29 is 24.5 Å². The van der Waals surface area contributed by atoms with Gasteiger partial charge in [0, 0.05) is 0 Å². The second-order valence-electron chi connectivity index (χ2n) is 3.03. The van der Waals surface area contributed by atoms with Gasteiger partial charge in [0.1, 0.15) is 11.7 Å². The molecular weight excluding hydrogens is 190 g/mol. The Morgan fingerprint density at radius 1 is 1.43 bits per heavy atom. The minimum absolute atomic E-state index is 0.226. The molecule has 0 aromatic rings. The van der Waals surface area contributed by atoms with Crippen molar-refractivity contribution in [1.82, 2.24) is 0 Å². The van der Waals surface area contributed by atoms with E-state index in [1.54, 1.807) is 6.07 Å². The normalized spacial score (nSPS) is 24.9. The molecular formula is C8H7NO5-2. The van der Waals surface area contributed by atoms with Gasteiger partial charge in [0.2, 0.25) is 0 Å². The van der Waals surface area contributed by atoms with Crippen molar-refractivity contribution in [1.29, 1.82) is 5.26 Å². The van der Waals surface area contributed by atoms with Gasteiger partial charge in [-0.1, -0.05) is 0 Å². The number of hydrogen-bond acceptors (Lipinski definition) is 6. The Morgan fingerprint density at radius 2 is 2.00 bits per heavy atom. The van der Waals surface area contributed by atoms with E-state index in [4.69, 9.17) is 5.26 Å². The fourth-order valence-corrected chi connectivity index (χ4v) is 1.37. The highest BCUT2D eigenvalue weighted by Gasteiger charge is 2.40. The minimum atomic E-state index is -2.46. The van der Waals surface area contributed by atoms with Crippen LogP contribution in [0.1, 0.15) is 19.3 Å². The highest BCUT2D eigenvalue weighted by molar-refractivity contribution is 6.00. The van der Waals surface area contributed by atoms with Crippen molar-refractivity contribution in [3.8, 4) is 6.07 Å². The molecule has 0 radical (unpaired) electrons. The second-order valence-corrected chi connectivity index (χ2v) is 3.03. The van der Waals surface area contributed by atoms with E-state index >= 15 is 0 Å². The molecule has 0 spiro atoms. The van der Waals surface area contributed by atoms with Crippen LogP contribution < -0.4 is 10.2 Å².